The molecule has 0 saturated heterocycles. The molecule has 1 aromatic heterocycles. The van der Waals surface area contributed by atoms with Crippen molar-refractivity contribution >= 4 is 33.4 Å². The summed E-state index contributed by atoms with van der Waals surface area (Å²) in [6.07, 6.45) is 1.56. The van der Waals surface area contributed by atoms with E-state index in [1.54, 1.807) is 31.7 Å². The third-order valence-electron chi connectivity index (χ3n) is 4.76. The molecule has 2 rings (SSSR count). The molecule has 0 radical (unpaired) electrons. The number of aromatic nitrogens is 1. The Hall–Kier alpha value is -2.41. The van der Waals surface area contributed by atoms with E-state index in [0.717, 1.165) is 11.3 Å². The van der Waals surface area contributed by atoms with E-state index >= 15 is 0 Å². The van der Waals surface area contributed by atoms with Crippen molar-refractivity contribution in [3.8, 4) is 6.07 Å². The van der Waals surface area contributed by atoms with Gasteiger partial charge in [0.05, 0.1) is 22.8 Å². The van der Waals surface area contributed by atoms with Crippen LogP contribution in [-0.2, 0) is 14.8 Å². The lowest BCUT2D eigenvalue weighted by Gasteiger charge is -2.25. The number of hydrogen-bond donors (Lipinski definition) is 0. The van der Waals surface area contributed by atoms with E-state index in [1.807, 2.05) is 31.2 Å². The Morgan fingerprint density at radius 3 is 2.32 bits per heavy atom. The first-order valence-electron chi connectivity index (χ1n) is 10.1. The van der Waals surface area contributed by atoms with Gasteiger partial charge >= 0.3 is 0 Å². The van der Waals surface area contributed by atoms with Crippen LogP contribution in [0, 0.1) is 18.3 Å². The highest BCUT2D eigenvalue weighted by molar-refractivity contribution is 8.00. The molecule has 0 aliphatic heterocycles. The molecule has 1 atom stereocenters. The fourth-order valence-corrected chi connectivity index (χ4v) is 5.26. The smallest absolute Gasteiger partial charge is 0.244 e. The topological polar surface area (TPSA) is 94.4 Å². The summed E-state index contributed by atoms with van der Waals surface area (Å²) in [4.78, 5) is 19.1. The average molecular weight is 461 g/mol. The number of nitrogens with zero attached hydrogens (tertiary/aromatic N) is 4. The lowest BCUT2D eigenvalue weighted by atomic mass is 10.2. The maximum Gasteiger partial charge on any atom is 0.244 e. The van der Waals surface area contributed by atoms with E-state index in [4.69, 9.17) is 5.26 Å². The van der Waals surface area contributed by atoms with Crippen molar-refractivity contribution in [2.75, 3.05) is 24.5 Å². The molecule has 7 nitrogen and oxygen atoms in total. The molecule has 0 bridgehead atoms. The minimum atomic E-state index is -3.57. The molecule has 0 aliphatic rings. The number of thioether (sulfide) groups is 1. The van der Waals surface area contributed by atoms with Gasteiger partial charge in [0, 0.05) is 31.5 Å². The van der Waals surface area contributed by atoms with Crippen LogP contribution in [0.2, 0.25) is 0 Å². The molecule has 0 fully saturated rings. The Morgan fingerprint density at radius 1 is 1.16 bits per heavy atom. The number of hydrogen-bond acceptors (Lipinski definition) is 6. The van der Waals surface area contributed by atoms with Crippen LogP contribution in [0.25, 0.3) is 0 Å². The monoisotopic (exact) mass is 460 g/mol. The zero-order valence-electron chi connectivity index (χ0n) is 18.3. The second kappa shape index (κ2) is 11.3. The number of rotatable bonds is 10. The van der Waals surface area contributed by atoms with E-state index in [2.05, 4.69) is 11.1 Å². The zero-order chi connectivity index (χ0) is 23.0. The second-order valence-electron chi connectivity index (χ2n) is 6.92. The fraction of sp³-hybridized carbons (Fsp3) is 0.409. The molecular weight excluding hydrogens is 432 g/mol. The SMILES string of the molecule is CCN(CC)S(=O)(=O)c1ccc(SC(C)C(=O)N(CCC#N)c2ccc(C)cc2)nc1. The summed E-state index contributed by atoms with van der Waals surface area (Å²) in [5, 5.41) is 9.07. The van der Waals surface area contributed by atoms with Crippen molar-refractivity contribution < 1.29 is 13.2 Å². The summed E-state index contributed by atoms with van der Waals surface area (Å²) >= 11 is 1.26. The Labute approximate surface area is 189 Å². The summed E-state index contributed by atoms with van der Waals surface area (Å²) in [5.74, 6) is -0.134. The van der Waals surface area contributed by atoms with Gasteiger partial charge in [0.2, 0.25) is 15.9 Å². The molecule has 1 amide bonds. The number of nitriles is 1. The van der Waals surface area contributed by atoms with E-state index in [1.165, 1.54) is 28.3 Å². The van der Waals surface area contributed by atoms with Gasteiger partial charge in [-0.3, -0.25) is 4.79 Å². The Bertz CT molecular complexity index is 1010. The lowest BCUT2D eigenvalue weighted by Crippen LogP contribution is -2.37. The summed E-state index contributed by atoms with van der Waals surface area (Å²) in [6.45, 7) is 8.41. The minimum absolute atomic E-state index is 0.134. The van der Waals surface area contributed by atoms with Crippen LogP contribution in [0.15, 0.2) is 52.5 Å². The number of pyridine rings is 1. The predicted octanol–water partition coefficient (Wildman–Crippen LogP) is 3.85. The zero-order valence-corrected chi connectivity index (χ0v) is 19.9. The van der Waals surface area contributed by atoms with Crippen LogP contribution >= 0.6 is 11.8 Å². The van der Waals surface area contributed by atoms with E-state index in [9.17, 15) is 13.2 Å². The Kier molecular flexibility index (Phi) is 9.04. The van der Waals surface area contributed by atoms with E-state index in [0.29, 0.717) is 24.7 Å². The van der Waals surface area contributed by atoms with Crippen molar-refractivity contribution in [3.05, 3.63) is 48.2 Å². The highest BCUT2D eigenvalue weighted by atomic mass is 32.2. The third-order valence-corrected chi connectivity index (χ3v) is 7.83. The maximum atomic E-state index is 13.1. The predicted molar refractivity (Wildman–Crippen MR) is 123 cm³/mol. The van der Waals surface area contributed by atoms with Gasteiger partial charge in [-0.1, -0.05) is 43.3 Å². The van der Waals surface area contributed by atoms with Crippen LogP contribution in [0.4, 0.5) is 5.69 Å². The van der Waals surface area contributed by atoms with E-state index < -0.39 is 15.3 Å². The number of anilines is 1. The number of carbonyl (C=O) groups is 1. The quantitative estimate of drug-likeness (QED) is 0.500. The van der Waals surface area contributed by atoms with Gasteiger partial charge in [0.15, 0.2) is 0 Å². The van der Waals surface area contributed by atoms with Gasteiger partial charge in [-0.2, -0.15) is 9.57 Å². The molecule has 0 saturated carbocycles. The second-order valence-corrected chi connectivity index (χ2v) is 10.2. The Balaban J connectivity index is 2.16. The molecule has 1 unspecified atom stereocenters. The fourth-order valence-electron chi connectivity index (χ4n) is 3.01. The number of carbonyl (C=O) groups excluding carboxylic acids is 1. The van der Waals surface area contributed by atoms with Gasteiger partial charge in [0.1, 0.15) is 4.90 Å². The molecule has 0 spiro atoms. The van der Waals surface area contributed by atoms with Crippen molar-refractivity contribution in [2.24, 2.45) is 0 Å². The molecule has 31 heavy (non-hydrogen) atoms. The van der Waals surface area contributed by atoms with Gasteiger partial charge < -0.3 is 4.90 Å². The first kappa shape index (κ1) is 24.9. The van der Waals surface area contributed by atoms with Gasteiger partial charge in [0.25, 0.3) is 0 Å². The number of benzene rings is 1. The summed E-state index contributed by atoms with van der Waals surface area (Å²) in [6, 6.07) is 12.8. The average Bonchev–Trinajstić information content (AvgIpc) is 2.76. The number of aryl methyl sites for hydroxylation is 1. The summed E-state index contributed by atoms with van der Waals surface area (Å²) in [7, 11) is -3.57. The van der Waals surface area contributed by atoms with Crippen LogP contribution in [0.3, 0.4) is 0 Å². The molecule has 2 aromatic rings. The van der Waals surface area contributed by atoms with Gasteiger partial charge in [-0.25, -0.2) is 13.4 Å². The molecule has 0 N–H and O–H groups in total. The van der Waals surface area contributed by atoms with Crippen LogP contribution in [0.1, 0.15) is 32.8 Å². The highest BCUT2D eigenvalue weighted by Gasteiger charge is 2.25. The minimum Gasteiger partial charge on any atom is -0.310 e. The van der Waals surface area contributed by atoms with Gasteiger partial charge in [-0.15, -0.1) is 0 Å². The van der Waals surface area contributed by atoms with E-state index in [-0.39, 0.29) is 17.2 Å². The van der Waals surface area contributed by atoms with Crippen molar-refractivity contribution in [2.45, 2.75) is 49.3 Å². The third kappa shape index (κ3) is 6.29. The molecular formula is C22H28N4O3S2. The van der Waals surface area contributed by atoms with Crippen molar-refractivity contribution in [1.82, 2.24) is 9.29 Å². The number of amides is 1. The standard InChI is InChI=1S/C22H28N4O3S2/c1-5-25(6-2)31(28,29)20-12-13-21(24-16-20)30-18(4)22(27)26(15-7-14-23)19-10-8-17(3)9-11-19/h8-13,16,18H,5-7,15H2,1-4H3. The summed E-state index contributed by atoms with van der Waals surface area (Å²) in [5.41, 5.74) is 1.83. The molecule has 0 aliphatic carbocycles. The van der Waals surface area contributed by atoms with Crippen LogP contribution in [-0.4, -0.2) is 48.5 Å². The Morgan fingerprint density at radius 2 is 1.81 bits per heavy atom. The molecule has 9 heteroatoms. The van der Waals surface area contributed by atoms with Crippen molar-refractivity contribution in [3.63, 3.8) is 0 Å². The molecule has 1 aromatic carbocycles. The van der Waals surface area contributed by atoms with Crippen LogP contribution in [0.5, 0.6) is 0 Å². The summed E-state index contributed by atoms with van der Waals surface area (Å²) < 4.78 is 26.6. The number of sulfonamides is 1. The highest BCUT2D eigenvalue weighted by Crippen LogP contribution is 2.26. The maximum absolute atomic E-state index is 13.1. The largest absolute Gasteiger partial charge is 0.310 e. The lowest BCUT2D eigenvalue weighted by molar-refractivity contribution is -0.117. The first-order valence-corrected chi connectivity index (χ1v) is 12.4. The molecule has 1 heterocycles. The first-order chi connectivity index (χ1) is 14.7. The van der Waals surface area contributed by atoms with Crippen molar-refractivity contribution in [1.29, 1.82) is 5.26 Å². The molecule has 166 valence electrons. The normalized spacial score (nSPS) is 12.4. The van der Waals surface area contributed by atoms with Crippen LogP contribution < -0.4 is 4.90 Å². The van der Waals surface area contributed by atoms with Gasteiger partial charge in [-0.05, 0) is 38.1 Å².